The van der Waals surface area contributed by atoms with Crippen LogP contribution in [0.1, 0.15) is 17.0 Å². The number of anilines is 1. The fourth-order valence-corrected chi connectivity index (χ4v) is 1.99. The summed E-state index contributed by atoms with van der Waals surface area (Å²) in [6, 6.07) is 9.66. The van der Waals surface area contributed by atoms with E-state index < -0.39 is 0 Å². The predicted octanol–water partition coefficient (Wildman–Crippen LogP) is 3.01. The fraction of sp³-hybridized carbons (Fsp3) is 0.200. The summed E-state index contributed by atoms with van der Waals surface area (Å²) in [6.07, 6.45) is 3.14. The van der Waals surface area contributed by atoms with Crippen LogP contribution in [0.3, 0.4) is 0 Å². The first-order valence-electron chi connectivity index (χ1n) is 6.44. The zero-order valence-electron chi connectivity index (χ0n) is 11.2. The number of hydrogen-bond donors (Lipinski definition) is 1. The molecular formula is C15H15N3O2. The average molecular weight is 269 g/mol. The highest BCUT2D eigenvalue weighted by atomic mass is 16.5. The topological polar surface area (TPSA) is 78.1 Å². The summed E-state index contributed by atoms with van der Waals surface area (Å²) in [5.74, 6) is 1.76. The van der Waals surface area contributed by atoms with E-state index in [1.54, 1.807) is 6.26 Å². The van der Waals surface area contributed by atoms with Crippen molar-refractivity contribution in [2.45, 2.75) is 19.8 Å². The highest BCUT2D eigenvalue weighted by molar-refractivity contribution is 5.51. The van der Waals surface area contributed by atoms with E-state index in [0.29, 0.717) is 23.9 Å². The predicted molar refractivity (Wildman–Crippen MR) is 75.0 cm³/mol. The van der Waals surface area contributed by atoms with Crippen molar-refractivity contribution in [3.05, 3.63) is 53.6 Å². The highest BCUT2D eigenvalue weighted by Gasteiger charge is 2.13. The van der Waals surface area contributed by atoms with Crippen LogP contribution in [-0.4, -0.2) is 10.1 Å². The zero-order valence-corrected chi connectivity index (χ0v) is 11.2. The Bertz CT molecular complexity index is 698. The summed E-state index contributed by atoms with van der Waals surface area (Å²) in [4.78, 5) is 4.35. The Kier molecular flexibility index (Phi) is 3.25. The van der Waals surface area contributed by atoms with E-state index in [-0.39, 0.29) is 0 Å². The molecular weight excluding hydrogens is 254 g/mol. The minimum Gasteiger partial charge on any atom is -0.461 e. The van der Waals surface area contributed by atoms with E-state index in [1.807, 2.05) is 37.3 Å². The molecule has 2 aromatic heterocycles. The van der Waals surface area contributed by atoms with Gasteiger partial charge in [0, 0.05) is 12.1 Å². The van der Waals surface area contributed by atoms with Gasteiger partial charge in [-0.15, -0.1) is 0 Å². The van der Waals surface area contributed by atoms with Crippen LogP contribution in [0.25, 0.3) is 11.6 Å². The molecule has 0 atom stereocenters. The van der Waals surface area contributed by atoms with Crippen LogP contribution in [0, 0.1) is 6.92 Å². The monoisotopic (exact) mass is 269 g/mol. The third-order valence-corrected chi connectivity index (χ3v) is 3.14. The molecule has 0 amide bonds. The molecule has 0 radical (unpaired) electrons. The van der Waals surface area contributed by atoms with Gasteiger partial charge >= 0.3 is 0 Å². The molecule has 0 aliphatic carbocycles. The lowest BCUT2D eigenvalue weighted by Gasteiger charge is -1.98. The van der Waals surface area contributed by atoms with Gasteiger partial charge in [0.1, 0.15) is 0 Å². The smallest absolute Gasteiger partial charge is 0.238 e. The van der Waals surface area contributed by atoms with Crippen LogP contribution < -0.4 is 5.73 Å². The van der Waals surface area contributed by atoms with E-state index in [4.69, 9.17) is 14.7 Å². The third kappa shape index (κ3) is 2.56. The first-order chi connectivity index (χ1) is 9.72. The maximum absolute atomic E-state index is 5.65. The molecule has 0 unspecified atom stereocenters. The fourth-order valence-electron chi connectivity index (χ4n) is 1.99. The lowest BCUT2D eigenvalue weighted by molar-refractivity contribution is 0.377. The van der Waals surface area contributed by atoms with Crippen molar-refractivity contribution in [3.8, 4) is 11.6 Å². The molecule has 2 heterocycles. The number of furan rings is 1. The zero-order chi connectivity index (χ0) is 13.9. The van der Waals surface area contributed by atoms with E-state index in [0.717, 1.165) is 17.7 Å². The molecule has 3 aromatic rings. The van der Waals surface area contributed by atoms with E-state index in [9.17, 15) is 0 Å². The Labute approximate surface area is 116 Å². The summed E-state index contributed by atoms with van der Waals surface area (Å²) in [7, 11) is 0. The third-order valence-electron chi connectivity index (χ3n) is 3.14. The van der Waals surface area contributed by atoms with Crippen molar-refractivity contribution in [2.24, 2.45) is 0 Å². The molecule has 0 saturated carbocycles. The van der Waals surface area contributed by atoms with Gasteiger partial charge in [0.25, 0.3) is 0 Å². The van der Waals surface area contributed by atoms with Gasteiger partial charge in [-0.2, -0.15) is 4.98 Å². The Morgan fingerprint density at radius 3 is 2.60 bits per heavy atom. The van der Waals surface area contributed by atoms with Crippen LogP contribution in [-0.2, 0) is 12.8 Å². The molecule has 3 rings (SSSR count). The van der Waals surface area contributed by atoms with Gasteiger partial charge in [-0.25, -0.2) is 0 Å². The van der Waals surface area contributed by atoms with Gasteiger partial charge in [0.05, 0.1) is 6.26 Å². The maximum atomic E-state index is 5.65. The molecule has 20 heavy (non-hydrogen) atoms. The normalized spacial score (nSPS) is 10.8. The van der Waals surface area contributed by atoms with Crippen LogP contribution in [0.4, 0.5) is 5.69 Å². The van der Waals surface area contributed by atoms with Crippen molar-refractivity contribution >= 4 is 5.69 Å². The van der Waals surface area contributed by atoms with Crippen molar-refractivity contribution in [3.63, 3.8) is 0 Å². The molecule has 5 heteroatoms. The van der Waals surface area contributed by atoms with E-state index in [2.05, 4.69) is 10.1 Å². The second-order valence-electron chi connectivity index (χ2n) is 4.69. The Balaban J connectivity index is 1.69. The Morgan fingerprint density at radius 2 is 1.90 bits per heavy atom. The minimum absolute atomic E-state index is 0.500. The number of aromatic nitrogens is 2. The highest BCUT2D eigenvalue weighted by Crippen LogP contribution is 2.21. The molecule has 0 saturated heterocycles. The molecule has 2 N–H and O–H groups in total. The van der Waals surface area contributed by atoms with Crippen LogP contribution in [0.5, 0.6) is 0 Å². The first kappa shape index (κ1) is 12.5. The maximum Gasteiger partial charge on any atom is 0.238 e. The number of nitrogens with two attached hydrogens (primary N) is 1. The van der Waals surface area contributed by atoms with Gasteiger partial charge in [-0.05, 0) is 42.7 Å². The summed E-state index contributed by atoms with van der Waals surface area (Å²) < 4.78 is 10.6. The number of aryl methyl sites for hydroxylation is 3. The van der Waals surface area contributed by atoms with Gasteiger partial charge < -0.3 is 14.7 Å². The second kappa shape index (κ2) is 5.21. The molecule has 102 valence electrons. The number of hydrogen-bond acceptors (Lipinski definition) is 5. The second-order valence-corrected chi connectivity index (χ2v) is 4.69. The number of nitrogens with zero attached hydrogens (tertiary/aromatic N) is 2. The minimum atomic E-state index is 0.500. The number of benzene rings is 1. The number of nitrogen functional groups attached to an aromatic ring is 1. The summed E-state index contributed by atoms with van der Waals surface area (Å²) in [6.45, 7) is 1.95. The van der Waals surface area contributed by atoms with Gasteiger partial charge in [-0.3, -0.25) is 0 Å². The van der Waals surface area contributed by atoms with Gasteiger partial charge in [-0.1, -0.05) is 17.3 Å². The van der Waals surface area contributed by atoms with Crippen LogP contribution in [0.2, 0.25) is 0 Å². The summed E-state index contributed by atoms with van der Waals surface area (Å²) in [5.41, 5.74) is 8.60. The average Bonchev–Trinajstić information content (AvgIpc) is 3.06. The quantitative estimate of drug-likeness (QED) is 0.736. The SMILES string of the molecule is Cc1ccoc1-c1noc(CCc2ccc(N)cc2)n1. The van der Waals surface area contributed by atoms with E-state index in [1.165, 1.54) is 5.56 Å². The van der Waals surface area contributed by atoms with Crippen molar-refractivity contribution < 1.29 is 8.94 Å². The lowest BCUT2D eigenvalue weighted by atomic mass is 10.1. The molecule has 5 nitrogen and oxygen atoms in total. The van der Waals surface area contributed by atoms with Crippen LogP contribution >= 0.6 is 0 Å². The van der Waals surface area contributed by atoms with Crippen LogP contribution in [0.15, 0.2) is 45.5 Å². The lowest BCUT2D eigenvalue weighted by Crippen LogP contribution is -1.92. The van der Waals surface area contributed by atoms with Crippen molar-refractivity contribution in [2.75, 3.05) is 5.73 Å². The van der Waals surface area contributed by atoms with Crippen molar-refractivity contribution in [1.29, 1.82) is 0 Å². The molecule has 0 bridgehead atoms. The largest absolute Gasteiger partial charge is 0.461 e. The first-order valence-corrected chi connectivity index (χ1v) is 6.44. The number of rotatable bonds is 4. The van der Waals surface area contributed by atoms with E-state index >= 15 is 0 Å². The van der Waals surface area contributed by atoms with Gasteiger partial charge in [0.2, 0.25) is 11.7 Å². The summed E-state index contributed by atoms with van der Waals surface area (Å²) >= 11 is 0. The molecule has 0 spiro atoms. The molecule has 1 aromatic carbocycles. The summed E-state index contributed by atoms with van der Waals surface area (Å²) in [5, 5.41) is 3.95. The van der Waals surface area contributed by atoms with Crippen molar-refractivity contribution in [1.82, 2.24) is 10.1 Å². The van der Waals surface area contributed by atoms with Gasteiger partial charge in [0.15, 0.2) is 5.76 Å². The Morgan fingerprint density at radius 1 is 1.10 bits per heavy atom. The Hall–Kier alpha value is -2.56. The molecule has 0 aliphatic rings. The molecule has 0 fully saturated rings. The standard InChI is InChI=1S/C15H15N3O2/c1-10-8-9-19-14(10)15-17-13(20-18-15)7-4-11-2-5-12(16)6-3-11/h2-3,5-6,8-9H,4,7,16H2,1H3. The molecule has 0 aliphatic heterocycles.